The van der Waals surface area contributed by atoms with Crippen LogP contribution in [0, 0.1) is 10.1 Å². The van der Waals surface area contributed by atoms with Crippen molar-refractivity contribution in [3.8, 4) is 11.5 Å². The van der Waals surface area contributed by atoms with Crippen LogP contribution in [0.4, 0.5) is 11.4 Å². The van der Waals surface area contributed by atoms with E-state index in [9.17, 15) is 25.1 Å². The lowest BCUT2D eigenvalue weighted by Crippen LogP contribution is -2.16. The summed E-state index contributed by atoms with van der Waals surface area (Å²) in [6.07, 6.45) is 2.48. The molecule has 0 spiro atoms. The molecule has 0 saturated heterocycles. The first-order chi connectivity index (χ1) is 12.3. The Bertz CT molecular complexity index is 930. The Kier molecular flexibility index (Phi) is 4.38. The standard InChI is InChI=1S/C19H18N2O5/c1-20(2)14-7-3-11(4-8-14)9-13-6-5-12-10-15(22)19(24)17(21(25)26)16(12)18(13)23/h3-4,7-10,22,24H,5-6H2,1-2H3/b13-9-. The van der Waals surface area contributed by atoms with Crippen molar-refractivity contribution in [3.63, 3.8) is 0 Å². The van der Waals surface area contributed by atoms with Crippen LogP contribution in [0.1, 0.15) is 27.9 Å². The average Bonchev–Trinajstić information content (AvgIpc) is 2.59. The summed E-state index contributed by atoms with van der Waals surface area (Å²) in [5.74, 6) is -1.96. The van der Waals surface area contributed by atoms with Crippen molar-refractivity contribution in [1.82, 2.24) is 0 Å². The largest absolute Gasteiger partial charge is 0.504 e. The van der Waals surface area contributed by atoms with Gasteiger partial charge in [-0.3, -0.25) is 14.9 Å². The maximum absolute atomic E-state index is 12.8. The van der Waals surface area contributed by atoms with Gasteiger partial charge in [0.2, 0.25) is 5.75 Å². The third-order valence-electron chi connectivity index (χ3n) is 4.45. The highest BCUT2D eigenvalue weighted by Crippen LogP contribution is 2.43. The van der Waals surface area contributed by atoms with Gasteiger partial charge >= 0.3 is 5.69 Å². The van der Waals surface area contributed by atoms with Gasteiger partial charge in [0.15, 0.2) is 11.5 Å². The van der Waals surface area contributed by atoms with Crippen LogP contribution in [-0.2, 0) is 6.42 Å². The summed E-state index contributed by atoms with van der Waals surface area (Å²) in [5.41, 5.74) is 1.75. The second-order valence-corrected chi connectivity index (χ2v) is 6.37. The van der Waals surface area contributed by atoms with Gasteiger partial charge in [-0.05, 0) is 48.2 Å². The molecule has 0 radical (unpaired) electrons. The Morgan fingerprint density at radius 2 is 1.81 bits per heavy atom. The zero-order chi connectivity index (χ0) is 19.0. The van der Waals surface area contributed by atoms with Crippen molar-refractivity contribution in [2.75, 3.05) is 19.0 Å². The Labute approximate surface area is 150 Å². The van der Waals surface area contributed by atoms with E-state index >= 15 is 0 Å². The number of nitro benzene ring substituents is 1. The maximum Gasteiger partial charge on any atom is 0.326 e. The molecule has 0 aromatic heterocycles. The molecule has 1 aliphatic carbocycles. The van der Waals surface area contributed by atoms with Crippen molar-refractivity contribution >= 4 is 23.2 Å². The quantitative estimate of drug-likeness (QED) is 0.379. The lowest BCUT2D eigenvalue weighted by molar-refractivity contribution is -0.386. The molecule has 0 aliphatic heterocycles. The van der Waals surface area contributed by atoms with Gasteiger partial charge in [-0.1, -0.05) is 12.1 Å². The average molecular weight is 354 g/mol. The van der Waals surface area contributed by atoms with Gasteiger partial charge in [-0.15, -0.1) is 0 Å². The van der Waals surface area contributed by atoms with Gasteiger partial charge in [-0.2, -0.15) is 0 Å². The molecule has 0 heterocycles. The van der Waals surface area contributed by atoms with E-state index in [0.29, 0.717) is 24.0 Å². The van der Waals surface area contributed by atoms with Gasteiger partial charge in [-0.25, -0.2) is 0 Å². The van der Waals surface area contributed by atoms with Crippen molar-refractivity contribution in [1.29, 1.82) is 0 Å². The number of aryl methyl sites for hydroxylation is 1. The number of nitrogens with zero attached hydrogens (tertiary/aromatic N) is 2. The first-order valence-electron chi connectivity index (χ1n) is 8.04. The van der Waals surface area contributed by atoms with Crippen LogP contribution in [0.3, 0.4) is 0 Å². The number of aromatic hydroxyl groups is 2. The zero-order valence-electron chi connectivity index (χ0n) is 14.4. The minimum Gasteiger partial charge on any atom is -0.504 e. The molecule has 7 nitrogen and oxygen atoms in total. The first-order valence-corrected chi connectivity index (χ1v) is 8.04. The van der Waals surface area contributed by atoms with Crippen molar-refractivity contribution in [3.05, 3.63) is 62.7 Å². The number of nitro groups is 1. The van der Waals surface area contributed by atoms with Crippen LogP contribution >= 0.6 is 0 Å². The van der Waals surface area contributed by atoms with E-state index in [1.165, 1.54) is 6.07 Å². The fourth-order valence-corrected chi connectivity index (χ4v) is 3.08. The Morgan fingerprint density at radius 1 is 1.15 bits per heavy atom. The Morgan fingerprint density at radius 3 is 2.38 bits per heavy atom. The summed E-state index contributed by atoms with van der Waals surface area (Å²) in [6.45, 7) is 0. The van der Waals surface area contributed by atoms with Gasteiger partial charge in [0.25, 0.3) is 0 Å². The summed E-state index contributed by atoms with van der Waals surface area (Å²) in [4.78, 5) is 25.3. The fraction of sp³-hybridized carbons (Fsp3) is 0.211. The molecule has 7 heteroatoms. The lowest BCUT2D eigenvalue weighted by Gasteiger charge is -2.18. The summed E-state index contributed by atoms with van der Waals surface area (Å²) in [7, 11) is 3.85. The second-order valence-electron chi connectivity index (χ2n) is 6.37. The molecule has 2 aromatic rings. The molecule has 0 saturated carbocycles. The van der Waals surface area contributed by atoms with Crippen LogP contribution in [0.15, 0.2) is 35.9 Å². The third kappa shape index (κ3) is 2.99. The van der Waals surface area contributed by atoms with E-state index in [0.717, 1.165) is 11.3 Å². The van der Waals surface area contributed by atoms with Gasteiger partial charge in [0, 0.05) is 25.4 Å². The topological polar surface area (TPSA) is 104 Å². The summed E-state index contributed by atoms with van der Waals surface area (Å²) in [6, 6.07) is 8.79. The van der Waals surface area contributed by atoms with E-state index in [1.54, 1.807) is 6.08 Å². The SMILES string of the molecule is CN(C)c1ccc(/C=C2/CCc3cc(O)c(O)c([N+](=O)[O-])c3C2=O)cc1. The minimum atomic E-state index is -0.876. The van der Waals surface area contributed by atoms with Gasteiger partial charge in [0.1, 0.15) is 5.56 Å². The number of phenols is 2. The first kappa shape index (κ1) is 17.5. The zero-order valence-corrected chi connectivity index (χ0v) is 14.4. The molecule has 3 rings (SSSR count). The van der Waals surface area contributed by atoms with E-state index in [4.69, 9.17) is 0 Å². The minimum absolute atomic E-state index is 0.146. The molecule has 0 fully saturated rings. The van der Waals surface area contributed by atoms with Crippen LogP contribution in [0.5, 0.6) is 11.5 Å². The smallest absolute Gasteiger partial charge is 0.326 e. The highest BCUT2D eigenvalue weighted by molar-refractivity contribution is 6.16. The number of carbonyl (C=O) groups is 1. The number of fused-ring (bicyclic) bond motifs is 1. The Balaban J connectivity index is 2.04. The van der Waals surface area contributed by atoms with Crippen molar-refractivity contribution < 1.29 is 19.9 Å². The number of phenolic OH excluding ortho intramolecular Hbond substituents is 2. The molecule has 2 N–H and O–H groups in total. The second kappa shape index (κ2) is 6.51. The highest BCUT2D eigenvalue weighted by atomic mass is 16.6. The Hall–Kier alpha value is -3.35. The van der Waals surface area contributed by atoms with E-state index in [2.05, 4.69) is 0 Å². The van der Waals surface area contributed by atoms with E-state index < -0.39 is 27.9 Å². The molecular formula is C19H18N2O5. The molecule has 0 bridgehead atoms. The number of benzene rings is 2. The normalized spacial score (nSPS) is 15.0. The molecule has 134 valence electrons. The highest BCUT2D eigenvalue weighted by Gasteiger charge is 2.34. The number of rotatable bonds is 3. The molecule has 2 aromatic carbocycles. The molecular weight excluding hydrogens is 336 g/mol. The summed E-state index contributed by atoms with van der Waals surface area (Å²) >= 11 is 0. The van der Waals surface area contributed by atoms with Crippen molar-refractivity contribution in [2.24, 2.45) is 0 Å². The molecule has 1 aliphatic rings. The van der Waals surface area contributed by atoms with Crippen LogP contribution < -0.4 is 4.90 Å². The number of Topliss-reactive ketones (excluding diaryl/α,β-unsaturated/α-hetero) is 1. The molecule has 0 amide bonds. The number of allylic oxidation sites excluding steroid dienone is 1. The number of carbonyl (C=O) groups excluding carboxylic acids is 1. The number of ketones is 1. The number of hydrogen-bond donors (Lipinski definition) is 2. The number of anilines is 1. The predicted molar refractivity (Wildman–Crippen MR) is 97.8 cm³/mol. The maximum atomic E-state index is 12.8. The molecule has 0 unspecified atom stereocenters. The number of hydrogen-bond acceptors (Lipinski definition) is 6. The van der Waals surface area contributed by atoms with Gasteiger partial charge in [0.05, 0.1) is 4.92 Å². The lowest BCUT2D eigenvalue weighted by atomic mass is 9.84. The monoisotopic (exact) mass is 354 g/mol. The van der Waals surface area contributed by atoms with E-state index in [1.807, 2.05) is 43.3 Å². The summed E-state index contributed by atoms with van der Waals surface area (Å²) in [5, 5.41) is 30.8. The molecule has 0 atom stereocenters. The summed E-state index contributed by atoms with van der Waals surface area (Å²) < 4.78 is 0. The predicted octanol–water partition coefficient (Wildman–Crippen LogP) is 3.28. The van der Waals surface area contributed by atoms with Crippen LogP contribution in [0.2, 0.25) is 0 Å². The van der Waals surface area contributed by atoms with Crippen molar-refractivity contribution in [2.45, 2.75) is 12.8 Å². The van der Waals surface area contributed by atoms with Crippen LogP contribution in [0.25, 0.3) is 6.08 Å². The molecule has 26 heavy (non-hydrogen) atoms. The van der Waals surface area contributed by atoms with Gasteiger partial charge < -0.3 is 15.1 Å². The fourth-order valence-electron chi connectivity index (χ4n) is 3.08. The van der Waals surface area contributed by atoms with E-state index in [-0.39, 0.29) is 5.56 Å². The van der Waals surface area contributed by atoms with Crippen LogP contribution in [-0.4, -0.2) is 35.0 Å². The third-order valence-corrected chi connectivity index (χ3v) is 4.45.